The molecule has 1 aliphatic carbocycles. The average molecular weight is 496 g/mol. The Morgan fingerprint density at radius 1 is 1.06 bits per heavy atom. The van der Waals surface area contributed by atoms with Crippen LogP contribution in [0.15, 0.2) is 65.4 Å². The molecule has 7 heteroatoms. The van der Waals surface area contributed by atoms with Gasteiger partial charge in [-0.25, -0.2) is 0 Å². The van der Waals surface area contributed by atoms with E-state index in [1.165, 1.54) is 12.7 Å². The molecule has 1 fully saturated rings. The van der Waals surface area contributed by atoms with Gasteiger partial charge >= 0.3 is 0 Å². The normalized spacial score (nSPS) is 14.1. The Morgan fingerprint density at radius 2 is 1.86 bits per heavy atom. The summed E-state index contributed by atoms with van der Waals surface area (Å²) < 4.78 is 7.47. The largest absolute Gasteiger partial charge is 0.459 e. The summed E-state index contributed by atoms with van der Waals surface area (Å²) in [5.41, 5.74) is 2.10. The van der Waals surface area contributed by atoms with Crippen molar-refractivity contribution in [3.63, 3.8) is 0 Å². The highest BCUT2D eigenvalue weighted by Gasteiger charge is 2.29. The van der Waals surface area contributed by atoms with E-state index in [4.69, 9.17) is 16.0 Å². The lowest BCUT2D eigenvalue weighted by Crippen LogP contribution is -2.47. The summed E-state index contributed by atoms with van der Waals surface area (Å²) in [6.07, 6.45) is 9.74. The first-order valence-corrected chi connectivity index (χ1v) is 12.9. The number of aromatic nitrogens is 1. The van der Waals surface area contributed by atoms with Gasteiger partial charge in [0.05, 0.1) is 12.8 Å². The summed E-state index contributed by atoms with van der Waals surface area (Å²) in [5.74, 6) is 0.00993. The van der Waals surface area contributed by atoms with Gasteiger partial charge in [0.25, 0.3) is 5.91 Å². The lowest BCUT2D eigenvalue weighted by atomic mass is 9.94. The minimum atomic E-state index is -0.240. The van der Waals surface area contributed by atoms with E-state index < -0.39 is 0 Å². The number of rotatable bonds is 10. The molecule has 2 aromatic heterocycles. The van der Waals surface area contributed by atoms with Crippen LogP contribution in [0.25, 0.3) is 0 Å². The summed E-state index contributed by atoms with van der Waals surface area (Å²) >= 11 is 6.41. The standard InChI is InChI=1S/C28H34ClN3O3/c1-2-16-31(28(34)26-15-9-18-35-26)21-27(33)32(23-11-4-3-5-12-23)20-24-13-8-17-30(24)19-22-10-6-7-14-25(22)29/h6-10,13-15,17-18,23H,2-5,11-12,16,19-21H2,1H3. The van der Waals surface area contributed by atoms with Gasteiger partial charge in [-0.3, -0.25) is 9.59 Å². The van der Waals surface area contributed by atoms with Crippen LogP contribution in [-0.2, 0) is 17.9 Å². The molecule has 35 heavy (non-hydrogen) atoms. The maximum absolute atomic E-state index is 13.7. The molecule has 0 aliphatic heterocycles. The SMILES string of the molecule is CCCN(CC(=O)N(Cc1cccn1Cc1ccccc1Cl)C1CCCCC1)C(=O)c1ccco1. The molecule has 186 valence electrons. The van der Waals surface area contributed by atoms with E-state index in [0.29, 0.717) is 19.6 Å². The van der Waals surface area contributed by atoms with Gasteiger partial charge in [-0.15, -0.1) is 0 Å². The third kappa shape index (κ3) is 6.37. The van der Waals surface area contributed by atoms with Crippen molar-refractivity contribution in [1.82, 2.24) is 14.4 Å². The van der Waals surface area contributed by atoms with Crippen molar-refractivity contribution < 1.29 is 14.0 Å². The predicted octanol–water partition coefficient (Wildman–Crippen LogP) is 6.00. The van der Waals surface area contributed by atoms with Gasteiger partial charge in [0.15, 0.2) is 5.76 Å². The molecular weight excluding hydrogens is 462 g/mol. The topological polar surface area (TPSA) is 58.7 Å². The summed E-state index contributed by atoms with van der Waals surface area (Å²) in [6, 6.07) is 15.4. The second-order valence-electron chi connectivity index (χ2n) is 9.24. The Balaban J connectivity index is 1.54. The van der Waals surface area contributed by atoms with Crippen LogP contribution in [0.2, 0.25) is 5.02 Å². The monoisotopic (exact) mass is 495 g/mol. The van der Waals surface area contributed by atoms with Crippen LogP contribution < -0.4 is 0 Å². The van der Waals surface area contributed by atoms with E-state index in [1.54, 1.807) is 17.0 Å². The lowest BCUT2D eigenvalue weighted by Gasteiger charge is -2.36. The Labute approximate surface area is 212 Å². The summed E-state index contributed by atoms with van der Waals surface area (Å²) in [7, 11) is 0. The molecule has 0 unspecified atom stereocenters. The van der Waals surface area contributed by atoms with Crippen LogP contribution in [0.5, 0.6) is 0 Å². The molecular formula is C28H34ClN3O3. The molecule has 4 rings (SSSR count). The van der Waals surface area contributed by atoms with E-state index in [2.05, 4.69) is 10.6 Å². The highest BCUT2D eigenvalue weighted by molar-refractivity contribution is 6.31. The Morgan fingerprint density at radius 3 is 2.57 bits per heavy atom. The summed E-state index contributed by atoms with van der Waals surface area (Å²) in [4.78, 5) is 30.3. The van der Waals surface area contributed by atoms with Gasteiger partial charge in [0.2, 0.25) is 5.91 Å². The third-order valence-corrected chi connectivity index (χ3v) is 7.10. The minimum Gasteiger partial charge on any atom is -0.459 e. The minimum absolute atomic E-state index is 0.0178. The number of carbonyl (C=O) groups excluding carboxylic acids is 2. The number of carbonyl (C=O) groups is 2. The van der Waals surface area contributed by atoms with Gasteiger partial charge in [-0.05, 0) is 55.2 Å². The van der Waals surface area contributed by atoms with Crippen molar-refractivity contribution in [2.24, 2.45) is 0 Å². The lowest BCUT2D eigenvalue weighted by molar-refractivity contribution is -0.135. The Bertz CT molecular complexity index is 1100. The highest BCUT2D eigenvalue weighted by Crippen LogP contribution is 2.25. The summed E-state index contributed by atoms with van der Waals surface area (Å²) in [5, 5.41) is 0.735. The van der Waals surface area contributed by atoms with Gasteiger partial charge in [-0.1, -0.05) is 56.0 Å². The molecule has 6 nitrogen and oxygen atoms in total. The van der Waals surface area contributed by atoms with Crippen molar-refractivity contribution in [2.45, 2.75) is 64.6 Å². The second kappa shape index (κ2) is 12.1. The van der Waals surface area contributed by atoms with Gasteiger partial charge in [0, 0.05) is 36.0 Å². The fraction of sp³-hybridized carbons (Fsp3) is 0.429. The maximum atomic E-state index is 13.7. The van der Waals surface area contributed by atoms with Gasteiger partial charge in [-0.2, -0.15) is 0 Å². The van der Waals surface area contributed by atoms with Crippen molar-refractivity contribution >= 4 is 23.4 Å². The first-order chi connectivity index (χ1) is 17.1. The fourth-order valence-electron chi connectivity index (χ4n) is 4.88. The van der Waals surface area contributed by atoms with E-state index >= 15 is 0 Å². The number of furan rings is 1. The zero-order valence-electron chi connectivity index (χ0n) is 20.4. The van der Waals surface area contributed by atoms with Crippen molar-refractivity contribution in [3.05, 3.63) is 83.0 Å². The van der Waals surface area contributed by atoms with Crippen LogP contribution in [0.4, 0.5) is 0 Å². The number of nitrogens with zero attached hydrogens (tertiary/aromatic N) is 3. The second-order valence-corrected chi connectivity index (χ2v) is 9.64. The molecule has 0 spiro atoms. The quantitative estimate of drug-likeness (QED) is 0.346. The Hall–Kier alpha value is -2.99. The van der Waals surface area contributed by atoms with Gasteiger partial charge < -0.3 is 18.8 Å². The van der Waals surface area contributed by atoms with Crippen LogP contribution in [0.3, 0.4) is 0 Å². The van der Waals surface area contributed by atoms with Crippen molar-refractivity contribution in [2.75, 3.05) is 13.1 Å². The van der Waals surface area contributed by atoms with Crippen LogP contribution in [0, 0.1) is 0 Å². The molecule has 0 N–H and O–H groups in total. The molecule has 0 bridgehead atoms. The molecule has 3 aromatic rings. The predicted molar refractivity (Wildman–Crippen MR) is 137 cm³/mol. The third-order valence-electron chi connectivity index (χ3n) is 6.73. The van der Waals surface area contributed by atoms with E-state index in [-0.39, 0.29) is 30.2 Å². The number of hydrogen-bond donors (Lipinski definition) is 0. The van der Waals surface area contributed by atoms with E-state index in [0.717, 1.165) is 48.4 Å². The Kier molecular flexibility index (Phi) is 8.69. The first-order valence-electron chi connectivity index (χ1n) is 12.6. The number of amides is 2. The first kappa shape index (κ1) is 25.1. The van der Waals surface area contributed by atoms with E-state index in [9.17, 15) is 9.59 Å². The van der Waals surface area contributed by atoms with Crippen LogP contribution >= 0.6 is 11.6 Å². The number of halogens is 1. The maximum Gasteiger partial charge on any atom is 0.290 e. The molecule has 0 saturated heterocycles. The number of hydrogen-bond acceptors (Lipinski definition) is 3. The molecule has 1 saturated carbocycles. The summed E-state index contributed by atoms with van der Waals surface area (Å²) in [6.45, 7) is 3.72. The molecule has 2 heterocycles. The molecule has 1 aromatic carbocycles. The van der Waals surface area contributed by atoms with Crippen LogP contribution in [-0.4, -0.2) is 45.3 Å². The van der Waals surface area contributed by atoms with Gasteiger partial charge in [0.1, 0.15) is 6.54 Å². The molecule has 0 atom stereocenters. The van der Waals surface area contributed by atoms with Crippen molar-refractivity contribution in [3.8, 4) is 0 Å². The van der Waals surface area contributed by atoms with E-state index in [1.807, 2.05) is 48.4 Å². The number of benzene rings is 1. The smallest absolute Gasteiger partial charge is 0.290 e. The van der Waals surface area contributed by atoms with Crippen LogP contribution in [0.1, 0.15) is 67.3 Å². The molecule has 2 amide bonds. The fourth-order valence-corrected chi connectivity index (χ4v) is 5.07. The zero-order chi connectivity index (χ0) is 24.6. The molecule has 1 aliphatic rings. The molecule has 0 radical (unpaired) electrons. The average Bonchev–Trinajstić information content (AvgIpc) is 3.56. The van der Waals surface area contributed by atoms with Crippen molar-refractivity contribution in [1.29, 1.82) is 0 Å². The highest BCUT2D eigenvalue weighted by atomic mass is 35.5. The zero-order valence-corrected chi connectivity index (χ0v) is 21.1.